The maximum atomic E-state index is 9.56. The van der Waals surface area contributed by atoms with Gasteiger partial charge in [-0.1, -0.05) is 0 Å². The van der Waals surface area contributed by atoms with Crippen molar-refractivity contribution in [3.05, 3.63) is 18.2 Å². The van der Waals surface area contributed by atoms with E-state index >= 15 is 0 Å². The molecule has 0 fully saturated rings. The fraction of sp³-hybridized carbons (Fsp3) is 0.333. The van der Waals surface area contributed by atoms with Gasteiger partial charge in [-0.2, -0.15) is 0 Å². The van der Waals surface area contributed by atoms with Crippen LogP contribution >= 0.6 is 0 Å². The van der Waals surface area contributed by atoms with Crippen LogP contribution in [0, 0.1) is 0 Å². The Hall–Kier alpha value is -1.64. The lowest BCUT2D eigenvalue weighted by molar-refractivity contribution is 0.477. The van der Waals surface area contributed by atoms with Crippen LogP contribution in [0.25, 0.3) is 0 Å². The summed E-state index contributed by atoms with van der Waals surface area (Å²) >= 11 is 0. The van der Waals surface area contributed by atoms with Crippen molar-refractivity contribution in [2.24, 2.45) is 9.98 Å². The molecule has 80 valence electrons. The van der Waals surface area contributed by atoms with Crippen LogP contribution in [0.1, 0.15) is 27.7 Å². The van der Waals surface area contributed by atoms with Gasteiger partial charge in [0.1, 0.15) is 11.4 Å². The highest BCUT2D eigenvalue weighted by Gasteiger charge is 2.00. The van der Waals surface area contributed by atoms with E-state index < -0.39 is 0 Å². The van der Waals surface area contributed by atoms with Crippen LogP contribution in [0.3, 0.4) is 0 Å². The van der Waals surface area contributed by atoms with Gasteiger partial charge in [-0.25, -0.2) is 0 Å². The first-order valence-electron chi connectivity index (χ1n) is 4.86. The van der Waals surface area contributed by atoms with Crippen molar-refractivity contribution >= 4 is 22.8 Å². The molecule has 15 heavy (non-hydrogen) atoms. The average molecular weight is 204 g/mol. The summed E-state index contributed by atoms with van der Waals surface area (Å²) in [4.78, 5) is 8.53. The zero-order valence-electron chi connectivity index (χ0n) is 9.57. The summed E-state index contributed by atoms with van der Waals surface area (Å²) in [6.45, 7) is 7.64. The molecule has 1 N–H and O–H groups in total. The standard InChI is InChI=1S/C12H16N2O/c1-8(2)13-10-5-6-12(15)11(7-10)14-9(3)4/h5-7,15H,1-4H3. The van der Waals surface area contributed by atoms with Crippen molar-refractivity contribution in [2.75, 3.05) is 0 Å². The van der Waals surface area contributed by atoms with Gasteiger partial charge >= 0.3 is 0 Å². The van der Waals surface area contributed by atoms with Crippen LogP contribution in [0.5, 0.6) is 5.75 Å². The van der Waals surface area contributed by atoms with Crippen LogP contribution in [-0.4, -0.2) is 16.5 Å². The van der Waals surface area contributed by atoms with Crippen LogP contribution in [0.4, 0.5) is 11.4 Å². The molecular weight excluding hydrogens is 188 g/mol. The first-order valence-corrected chi connectivity index (χ1v) is 4.86. The number of aromatic hydroxyl groups is 1. The summed E-state index contributed by atoms with van der Waals surface area (Å²) in [5, 5.41) is 9.56. The molecule has 3 nitrogen and oxygen atoms in total. The first-order chi connectivity index (χ1) is 6.99. The molecule has 0 aliphatic heterocycles. The van der Waals surface area contributed by atoms with Crippen molar-refractivity contribution in [1.29, 1.82) is 0 Å². The zero-order chi connectivity index (χ0) is 11.4. The van der Waals surface area contributed by atoms with E-state index in [0.717, 1.165) is 17.1 Å². The van der Waals surface area contributed by atoms with Crippen molar-refractivity contribution in [3.8, 4) is 5.75 Å². The third-order valence-corrected chi connectivity index (χ3v) is 1.66. The summed E-state index contributed by atoms with van der Waals surface area (Å²) < 4.78 is 0. The fourth-order valence-electron chi connectivity index (χ4n) is 1.17. The first kappa shape index (κ1) is 11.4. The number of phenols is 1. The van der Waals surface area contributed by atoms with Gasteiger partial charge in [-0.05, 0) is 45.9 Å². The van der Waals surface area contributed by atoms with E-state index in [1.807, 2.05) is 27.7 Å². The summed E-state index contributed by atoms with van der Waals surface area (Å²) in [5.74, 6) is 0.184. The number of phenolic OH excluding ortho intramolecular Hbond substituents is 1. The normalized spacial score (nSPS) is 9.60. The van der Waals surface area contributed by atoms with Crippen molar-refractivity contribution in [3.63, 3.8) is 0 Å². The molecule has 0 saturated heterocycles. The number of nitrogens with zero attached hydrogens (tertiary/aromatic N) is 2. The Kier molecular flexibility index (Phi) is 3.61. The van der Waals surface area contributed by atoms with Crippen LogP contribution < -0.4 is 0 Å². The minimum Gasteiger partial charge on any atom is -0.506 e. The molecule has 0 amide bonds. The van der Waals surface area contributed by atoms with E-state index in [1.165, 1.54) is 0 Å². The topological polar surface area (TPSA) is 45.0 Å². The fourth-order valence-corrected chi connectivity index (χ4v) is 1.17. The molecule has 0 atom stereocenters. The third kappa shape index (κ3) is 3.54. The predicted octanol–water partition coefficient (Wildman–Crippen LogP) is 3.62. The predicted molar refractivity (Wildman–Crippen MR) is 65.0 cm³/mol. The van der Waals surface area contributed by atoms with E-state index in [4.69, 9.17) is 0 Å². The SMILES string of the molecule is CC(C)=Nc1ccc(O)c(N=C(C)C)c1. The summed E-state index contributed by atoms with van der Waals surface area (Å²) in [6, 6.07) is 5.16. The second-order valence-electron chi connectivity index (χ2n) is 3.79. The average Bonchev–Trinajstić information content (AvgIpc) is 2.09. The third-order valence-electron chi connectivity index (χ3n) is 1.66. The van der Waals surface area contributed by atoms with Gasteiger partial charge in [0.05, 0.1) is 5.69 Å². The Balaban J connectivity index is 3.17. The van der Waals surface area contributed by atoms with E-state index in [-0.39, 0.29) is 5.75 Å². The highest BCUT2D eigenvalue weighted by molar-refractivity contribution is 5.85. The maximum absolute atomic E-state index is 9.56. The van der Waals surface area contributed by atoms with E-state index in [1.54, 1.807) is 18.2 Å². The molecule has 1 aromatic carbocycles. The zero-order valence-corrected chi connectivity index (χ0v) is 9.57. The summed E-state index contributed by atoms with van der Waals surface area (Å²) in [5.41, 5.74) is 3.26. The van der Waals surface area contributed by atoms with Crippen molar-refractivity contribution < 1.29 is 5.11 Å². The van der Waals surface area contributed by atoms with Crippen molar-refractivity contribution in [2.45, 2.75) is 27.7 Å². The van der Waals surface area contributed by atoms with Gasteiger partial charge < -0.3 is 5.11 Å². The monoisotopic (exact) mass is 204 g/mol. The second kappa shape index (κ2) is 4.73. The minimum absolute atomic E-state index is 0.184. The van der Waals surface area contributed by atoms with E-state index in [2.05, 4.69) is 9.98 Å². The van der Waals surface area contributed by atoms with Crippen LogP contribution in [-0.2, 0) is 0 Å². The lowest BCUT2D eigenvalue weighted by Crippen LogP contribution is -1.81. The van der Waals surface area contributed by atoms with E-state index in [0.29, 0.717) is 5.69 Å². The van der Waals surface area contributed by atoms with Gasteiger partial charge in [0.2, 0.25) is 0 Å². The Morgan fingerprint density at radius 3 is 2.13 bits per heavy atom. The molecular formula is C12H16N2O. The molecule has 0 radical (unpaired) electrons. The second-order valence-corrected chi connectivity index (χ2v) is 3.79. The molecule has 0 bridgehead atoms. The molecule has 0 aliphatic rings. The molecule has 0 aliphatic carbocycles. The van der Waals surface area contributed by atoms with Gasteiger partial charge in [-0.3, -0.25) is 9.98 Å². The number of benzene rings is 1. The largest absolute Gasteiger partial charge is 0.506 e. The van der Waals surface area contributed by atoms with Crippen LogP contribution in [0.15, 0.2) is 28.2 Å². The Morgan fingerprint density at radius 2 is 1.60 bits per heavy atom. The number of hydrogen-bond acceptors (Lipinski definition) is 3. The minimum atomic E-state index is 0.184. The van der Waals surface area contributed by atoms with Gasteiger partial charge in [-0.15, -0.1) is 0 Å². The maximum Gasteiger partial charge on any atom is 0.141 e. The van der Waals surface area contributed by atoms with Gasteiger partial charge in [0, 0.05) is 11.4 Å². The molecule has 0 heterocycles. The molecule has 0 aromatic heterocycles. The Morgan fingerprint density at radius 1 is 1.00 bits per heavy atom. The summed E-state index contributed by atoms with van der Waals surface area (Å²) in [7, 11) is 0. The molecule has 0 unspecified atom stereocenters. The molecule has 3 heteroatoms. The highest BCUT2D eigenvalue weighted by Crippen LogP contribution is 2.30. The quantitative estimate of drug-likeness (QED) is 0.735. The Labute approximate surface area is 90.2 Å². The van der Waals surface area contributed by atoms with E-state index in [9.17, 15) is 5.11 Å². The van der Waals surface area contributed by atoms with Gasteiger partial charge in [0.15, 0.2) is 0 Å². The molecule has 1 aromatic rings. The van der Waals surface area contributed by atoms with Gasteiger partial charge in [0.25, 0.3) is 0 Å². The Bertz CT molecular complexity index is 412. The number of hydrogen-bond donors (Lipinski definition) is 1. The number of rotatable bonds is 2. The molecule has 1 rings (SSSR count). The smallest absolute Gasteiger partial charge is 0.141 e. The highest BCUT2D eigenvalue weighted by atomic mass is 16.3. The molecule has 0 saturated carbocycles. The lowest BCUT2D eigenvalue weighted by atomic mass is 10.2. The summed E-state index contributed by atoms with van der Waals surface area (Å²) in [6.07, 6.45) is 0. The van der Waals surface area contributed by atoms with Crippen molar-refractivity contribution in [1.82, 2.24) is 0 Å². The number of aliphatic imine (C=N–C) groups is 2. The van der Waals surface area contributed by atoms with Crippen LogP contribution in [0.2, 0.25) is 0 Å². The lowest BCUT2D eigenvalue weighted by Gasteiger charge is -2.01. The molecule has 0 spiro atoms.